The Balaban J connectivity index is 1.24. The number of anilines is 2. The van der Waals surface area contributed by atoms with Crippen molar-refractivity contribution in [2.75, 3.05) is 23.8 Å². The van der Waals surface area contributed by atoms with Gasteiger partial charge in [0.05, 0.1) is 29.5 Å². The number of hydrogen-bond acceptors (Lipinski definition) is 9. The van der Waals surface area contributed by atoms with Gasteiger partial charge in [-0.25, -0.2) is 4.79 Å². The molecule has 3 aromatic rings. The van der Waals surface area contributed by atoms with Crippen LogP contribution in [-0.2, 0) is 43.4 Å². The van der Waals surface area contributed by atoms with E-state index in [-0.39, 0.29) is 18.9 Å². The summed E-state index contributed by atoms with van der Waals surface area (Å²) in [7, 11) is 0. The monoisotopic (exact) mass is 593 g/mol. The van der Waals surface area contributed by atoms with Gasteiger partial charge in [0, 0.05) is 29.4 Å². The first-order valence-electron chi connectivity index (χ1n) is 13.5. The molecule has 1 aromatic heterocycles. The van der Waals surface area contributed by atoms with Crippen LogP contribution in [0.5, 0.6) is 0 Å². The molecule has 0 saturated heterocycles. The molecule has 9 nitrogen and oxygen atoms in total. The number of nitrogens with one attached hydrogen (secondary N) is 2. The first-order valence-corrected chi connectivity index (χ1v) is 15.2. The summed E-state index contributed by atoms with van der Waals surface area (Å²) in [6.45, 7) is 5.61. The Labute approximate surface area is 246 Å². The van der Waals surface area contributed by atoms with Crippen LogP contribution in [-0.4, -0.2) is 53.2 Å². The number of fused-ring (bicyclic) bond motifs is 2. The molecule has 41 heavy (non-hydrogen) atoms. The van der Waals surface area contributed by atoms with E-state index in [0.29, 0.717) is 29.2 Å². The summed E-state index contributed by atoms with van der Waals surface area (Å²) < 4.78 is 10.7. The maximum Gasteiger partial charge on any atom is 0.341 e. The average Bonchev–Trinajstić information content (AvgIpc) is 3.31. The minimum absolute atomic E-state index is 0.179. The summed E-state index contributed by atoms with van der Waals surface area (Å²) in [5.74, 6) is -1.99. The van der Waals surface area contributed by atoms with E-state index in [1.54, 1.807) is 13.0 Å². The fraction of sp³-hybridized carbons (Fsp3) is 0.333. The highest BCUT2D eigenvalue weighted by Crippen LogP contribution is 2.39. The molecule has 0 aliphatic carbocycles. The predicted octanol–water partition coefficient (Wildman–Crippen LogP) is 4.86. The third kappa shape index (κ3) is 6.80. The normalized spacial score (nSPS) is 17.0. The van der Waals surface area contributed by atoms with E-state index < -0.39 is 29.2 Å². The Hall–Kier alpha value is -3.67. The highest BCUT2D eigenvalue weighted by molar-refractivity contribution is 8.01. The Kier molecular flexibility index (Phi) is 9.06. The minimum atomic E-state index is -1.13. The fourth-order valence-electron chi connectivity index (χ4n) is 4.83. The highest BCUT2D eigenvalue weighted by Gasteiger charge is 2.33. The topological polar surface area (TPSA) is 114 Å². The number of esters is 2. The molecular formula is C30H31N3O6S2. The molecule has 2 aliphatic rings. The maximum absolute atomic E-state index is 13.1. The van der Waals surface area contributed by atoms with Gasteiger partial charge >= 0.3 is 11.9 Å². The SMILES string of the molecule is CCOC(=O)c1c(NC(=O)[C@@H](C)OC(=O)C[C@@H]2Sc3ccccc3NC2=O)sc2c1CCN(Cc1ccccc1)C2. The van der Waals surface area contributed by atoms with Gasteiger partial charge in [0.1, 0.15) is 5.00 Å². The molecule has 2 N–H and O–H groups in total. The Morgan fingerprint density at radius 3 is 2.66 bits per heavy atom. The number of ether oxygens (including phenoxy) is 2. The third-order valence-corrected chi connectivity index (χ3v) is 9.24. The van der Waals surface area contributed by atoms with Crippen molar-refractivity contribution in [3.63, 3.8) is 0 Å². The predicted molar refractivity (Wildman–Crippen MR) is 158 cm³/mol. The van der Waals surface area contributed by atoms with Crippen LogP contribution in [0.3, 0.4) is 0 Å². The van der Waals surface area contributed by atoms with Crippen LogP contribution in [0.4, 0.5) is 10.7 Å². The molecule has 2 amide bonds. The molecule has 11 heteroatoms. The molecule has 0 saturated carbocycles. The third-order valence-electron chi connectivity index (χ3n) is 6.84. The number of para-hydroxylation sites is 1. The van der Waals surface area contributed by atoms with Crippen molar-refractivity contribution >= 4 is 57.5 Å². The summed E-state index contributed by atoms with van der Waals surface area (Å²) in [5.41, 5.74) is 3.17. The molecule has 5 rings (SSSR count). The molecule has 2 atom stereocenters. The first kappa shape index (κ1) is 28.8. The summed E-state index contributed by atoms with van der Waals surface area (Å²) in [5, 5.41) is 5.33. The molecule has 0 bridgehead atoms. The zero-order valence-corrected chi connectivity index (χ0v) is 24.4. The van der Waals surface area contributed by atoms with Gasteiger partial charge in [-0.2, -0.15) is 0 Å². The Bertz CT molecular complexity index is 1460. The number of carbonyl (C=O) groups excluding carboxylic acids is 4. The Morgan fingerprint density at radius 1 is 1.12 bits per heavy atom. The average molecular weight is 594 g/mol. The maximum atomic E-state index is 13.1. The lowest BCUT2D eigenvalue weighted by Crippen LogP contribution is -2.34. The number of thiophene rings is 1. The number of thioether (sulfide) groups is 1. The van der Waals surface area contributed by atoms with Crippen LogP contribution < -0.4 is 10.6 Å². The van der Waals surface area contributed by atoms with E-state index >= 15 is 0 Å². The van der Waals surface area contributed by atoms with Crippen molar-refractivity contribution in [1.29, 1.82) is 0 Å². The zero-order valence-electron chi connectivity index (χ0n) is 22.8. The van der Waals surface area contributed by atoms with Crippen LogP contribution in [0.25, 0.3) is 0 Å². The van der Waals surface area contributed by atoms with Gasteiger partial charge in [0.25, 0.3) is 5.91 Å². The molecule has 0 fully saturated rings. The largest absolute Gasteiger partial charge is 0.462 e. The van der Waals surface area contributed by atoms with Crippen molar-refractivity contribution < 1.29 is 28.7 Å². The zero-order chi connectivity index (χ0) is 28.9. The van der Waals surface area contributed by atoms with Crippen LogP contribution in [0.1, 0.15) is 46.6 Å². The summed E-state index contributed by atoms with van der Waals surface area (Å²) >= 11 is 2.64. The second-order valence-electron chi connectivity index (χ2n) is 9.79. The smallest absolute Gasteiger partial charge is 0.341 e. The lowest BCUT2D eigenvalue weighted by atomic mass is 10.0. The highest BCUT2D eigenvalue weighted by atomic mass is 32.2. The summed E-state index contributed by atoms with van der Waals surface area (Å²) in [6, 6.07) is 17.5. The van der Waals surface area contributed by atoms with Crippen molar-refractivity contribution in [3.05, 3.63) is 76.2 Å². The standard InChI is InChI=1S/C30H31N3O6S2/c1-3-38-30(37)26-20-13-14-33(16-19-9-5-4-6-10-19)17-24(20)41-29(26)32-27(35)18(2)39-25(34)15-23-28(36)31-21-11-7-8-12-22(21)40-23/h4-12,18,23H,3,13-17H2,1-2H3,(H,31,36)(H,32,35)/t18-,23+/m1/s1. The van der Waals surface area contributed by atoms with E-state index in [9.17, 15) is 19.2 Å². The van der Waals surface area contributed by atoms with Crippen LogP contribution in [0, 0.1) is 0 Å². The van der Waals surface area contributed by atoms with E-state index in [1.165, 1.54) is 35.6 Å². The van der Waals surface area contributed by atoms with E-state index in [4.69, 9.17) is 9.47 Å². The van der Waals surface area contributed by atoms with Crippen LogP contribution in [0.15, 0.2) is 59.5 Å². The molecule has 0 spiro atoms. The van der Waals surface area contributed by atoms with Gasteiger partial charge in [-0.05, 0) is 43.5 Å². The fourth-order valence-corrected chi connectivity index (χ4v) is 7.21. The molecule has 0 radical (unpaired) electrons. The summed E-state index contributed by atoms with van der Waals surface area (Å²) in [6.07, 6.45) is -0.659. The molecule has 2 aliphatic heterocycles. The molecule has 214 valence electrons. The number of carbonyl (C=O) groups is 4. The molecule has 0 unspecified atom stereocenters. The van der Waals surface area contributed by atoms with E-state index in [0.717, 1.165) is 28.4 Å². The number of amides is 2. The van der Waals surface area contributed by atoms with Crippen molar-refractivity contribution in [2.24, 2.45) is 0 Å². The number of nitrogens with zero attached hydrogens (tertiary/aromatic N) is 1. The molecule has 2 aromatic carbocycles. The van der Waals surface area contributed by atoms with Gasteiger partial charge in [-0.15, -0.1) is 23.1 Å². The second kappa shape index (κ2) is 12.9. The minimum Gasteiger partial charge on any atom is -0.462 e. The molecule has 3 heterocycles. The van der Waals surface area contributed by atoms with Gasteiger partial charge in [-0.1, -0.05) is 42.5 Å². The van der Waals surface area contributed by atoms with Gasteiger partial charge < -0.3 is 20.1 Å². The van der Waals surface area contributed by atoms with E-state index in [2.05, 4.69) is 27.7 Å². The van der Waals surface area contributed by atoms with Gasteiger partial charge in [0.2, 0.25) is 5.91 Å². The van der Waals surface area contributed by atoms with Crippen LogP contribution >= 0.6 is 23.1 Å². The lowest BCUT2D eigenvalue weighted by molar-refractivity contribution is -0.153. The van der Waals surface area contributed by atoms with Crippen molar-refractivity contribution in [3.8, 4) is 0 Å². The van der Waals surface area contributed by atoms with Crippen LogP contribution in [0.2, 0.25) is 0 Å². The lowest BCUT2D eigenvalue weighted by Gasteiger charge is -2.27. The summed E-state index contributed by atoms with van der Waals surface area (Å²) in [4.78, 5) is 55.3. The number of rotatable bonds is 9. The number of benzene rings is 2. The van der Waals surface area contributed by atoms with Crippen molar-refractivity contribution in [1.82, 2.24) is 4.90 Å². The van der Waals surface area contributed by atoms with E-state index in [1.807, 2.05) is 36.4 Å². The number of hydrogen-bond donors (Lipinski definition) is 2. The molecular weight excluding hydrogens is 562 g/mol. The Morgan fingerprint density at radius 2 is 1.88 bits per heavy atom. The quantitative estimate of drug-likeness (QED) is 0.339. The first-order chi connectivity index (χ1) is 19.8. The van der Waals surface area contributed by atoms with Crippen molar-refractivity contribution in [2.45, 2.75) is 56.0 Å². The van der Waals surface area contributed by atoms with Gasteiger partial charge in [-0.3, -0.25) is 19.3 Å². The second-order valence-corrected chi connectivity index (χ2v) is 12.1. The van der Waals surface area contributed by atoms with Gasteiger partial charge in [0.15, 0.2) is 6.10 Å².